The number of ether oxygens (including phenoxy) is 1. The molecule has 0 fully saturated rings. The zero-order valence-corrected chi connectivity index (χ0v) is 15.3. The minimum Gasteiger partial charge on any atom is -0.383 e. The smallest absolute Gasteiger partial charge is 0.0696 e. The van der Waals surface area contributed by atoms with Crippen molar-refractivity contribution in [3.8, 4) is 0 Å². The van der Waals surface area contributed by atoms with Crippen LogP contribution in [0.1, 0.15) is 64.1 Å². The van der Waals surface area contributed by atoms with Crippen LogP contribution in [0.25, 0.3) is 0 Å². The molecule has 0 aliphatic rings. The third kappa shape index (κ3) is 6.49. The quantitative estimate of drug-likeness (QED) is 0.565. The van der Waals surface area contributed by atoms with Crippen LogP contribution >= 0.6 is 15.9 Å². The minimum atomic E-state index is 0.371. The summed E-state index contributed by atoms with van der Waals surface area (Å²) in [5, 5.41) is 8.15. The predicted molar refractivity (Wildman–Crippen MR) is 91.6 cm³/mol. The van der Waals surface area contributed by atoms with Crippen molar-refractivity contribution in [1.29, 1.82) is 0 Å². The number of halogens is 1. The predicted octanol–water partition coefficient (Wildman–Crippen LogP) is 4.30. The fourth-order valence-electron chi connectivity index (χ4n) is 2.50. The van der Waals surface area contributed by atoms with Crippen LogP contribution in [-0.2, 0) is 11.3 Å². The first kappa shape index (κ1) is 18.7. The van der Waals surface area contributed by atoms with Gasteiger partial charge in [0.1, 0.15) is 0 Å². The lowest BCUT2D eigenvalue weighted by molar-refractivity contribution is 0.181. The molecular formula is C16H30BrN3O. The third-order valence-electron chi connectivity index (χ3n) is 3.66. The van der Waals surface area contributed by atoms with Gasteiger partial charge in [-0.3, -0.25) is 4.68 Å². The molecule has 4 nitrogen and oxygen atoms in total. The minimum absolute atomic E-state index is 0.371. The highest BCUT2D eigenvalue weighted by atomic mass is 79.9. The third-order valence-corrected chi connectivity index (χ3v) is 4.27. The van der Waals surface area contributed by atoms with Gasteiger partial charge in [-0.2, -0.15) is 5.10 Å². The normalized spacial score (nSPS) is 12.8. The number of hydrogen-bond acceptors (Lipinski definition) is 3. The van der Waals surface area contributed by atoms with E-state index in [1.54, 1.807) is 7.11 Å². The molecule has 0 aliphatic carbocycles. The number of nitrogens with zero attached hydrogens (tertiary/aromatic N) is 2. The van der Waals surface area contributed by atoms with Crippen LogP contribution in [0.2, 0.25) is 0 Å². The standard InChI is InChI=1S/C16H30BrN3O/c1-4-6-7-8-9-15(18-10-5-2)16-14(17)13-19-20(16)11-12-21-3/h13,15,18H,4-12H2,1-3H3. The number of nitrogens with one attached hydrogen (secondary N) is 1. The summed E-state index contributed by atoms with van der Waals surface area (Å²) in [4.78, 5) is 0. The summed E-state index contributed by atoms with van der Waals surface area (Å²) >= 11 is 3.66. The molecule has 0 saturated heterocycles. The van der Waals surface area contributed by atoms with Crippen molar-refractivity contribution in [1.82, 2.24) is 15.1 Å². The summed E-state index contributed by atoms with van der Waals surface area (Å²) in [6.07, 6.45) is 9.39. The van der Waals surface area contributed by atoms with Gasteiger partial charge in [-0.15, -0.1) is 0 Å². The van der Waals surface area contributed by atoms with Gasteiger partial charge >= 0.3 is 0 Å². The summed E-state index contributed by atoms with van der Waals surface area (Å²) < 4.78 is 8.36. The highest BCUT2D eigenvalue weighted by molar-refractivity contribution is 9.10. The second kappa shape index (κ2) is 11.2. The van der Waals surface area contributed by atoms with Crippen LogP contribution in [0.5, 0.6) is 0 Å². The molecule has 0 bridgehead atoms. The maximum absolute atomic E-state index is 5.19. The van der Waals surface area contributed by atoms with E-state index in [0.29, 0.717) is 12.6 Å². The molecule has 0 radical (unpaired) electrons. The second-order valence-corrected chi connectivity index (χ2v) is 6.30. The Morgan fingerprint density at radius 3 is 2.76 bits per heavy atom. The molecule has 1 atom stereocenters. The van der Waals surface area contributed by atoms with E-state index >= 15 is 0 Å². The Hall–Kier alpha value is -0.390. The molecule has 1 aromatic rings. The van der Waals surface area contributed by atoms with Crippen molar-refractivity contribution in [3.63, 3.8) is 0 Å². The van der Waals surface area contributed by atoms with Gasteiger partial charge < -0.3 is 10.1 Å². The van der Waals surface area contributed by atoms with Crippen LogP contribution in [0, 0.1) is 0 Å². The molecule has 0 spiro atoms. The van der Waals surface area contributed by atoms with Crippen molar-refractivity contribution < 1.29 is 4.74 Å². The Balaban J connectivity index is 2.73. The van der Waals surface area contributed by atoms with Crippen molar-refractivity contribution in [3.05, 3.63) is 16.4 Å². The van der Waals surface area contributed by atoms with Gasteiger partial charge in [0.25, 0.3) is 0 Å². The maximum atomic E-state index is 5.19. The Labute approximate surface area is 137 Å². The average Bonchev–Trinajstić information content (AvgIpc) is 2.85. The van der Waals surface area contributed by atoms with Gasteiger partial charge in [0.15, 0.2) is 0 Å². The molecule has 0 amide bonds. The molecule has 0 aliphatic heterocycles. The van der Waals surface area contributed by atoms with Crippen molar-refractivity contribution in [2.24, 2.45) is 0 Å². The van der Waals surface area contributed by atoms with Crippen LogP contribution < -0.4 is 5.32 Å². The lowest BCUT2D eigenvalue weighted by Crippen LogP contribution is -2.26. The first-order valence-corrected chi connectivity index (χ1v) is 8.97. The molecule has 0 saturated carbocycles. The van der Waals surface area contributed by atoms with E-state index in [4.69, 9.17) is 4.74 Å². The van der Waals surface area contributed by atoms with Crippen molar-refractivity contribution in [2.45, 2.75) is 65.0 Å². The Kier molecular flexibility index (Phi) is 9.96. The van der Waals surface area contributed by atoms with Crippen molar-refractivity contribution in [2.75, 3.05) is 20.3 Å². The summed E-state index contributed by atoms with van der Waals surface area (Å²) in [6.45, 7) is 7.00. The van der Waals surface area contributed by atoms with Crippen LogP contribution in [0.3, 0.4) is 0 Å². The Bertz CT molecular complexity index is 382. The summed E-state index contributed by atoms with van der Waals surface area (Å²) in [5.74, 6) is 0. The summed E-state index contributed by atoms with van der Waals surface area (Å²) in [5.41, 5.74) is 1.26. The maximum Gasteiger partial charge on any atom is 0.0696 e. The monoisotopic (exact) mass is 359 g/mol. The molecular weight excluding hydrogens is 330 g/mol. The number of rotatable bonds is 12. The topological polar surface area (TPSA) is 39.1 Å². The fourth-order valence-corrected chi connectivity index (χ4v) is 3.08. The molecule has 5 heteroatoms. The molecule has 21 heavy (non-hydrogen) atoms. The van der Waals surface area contributed by atoms with Gasteiger partial charge in [0.05, 0.1) is 35.6 Å². The molecule has 1 rings (SSSR count). The first-order chi connectivity index (χ1) is 10.2. The van der Waals surface area contributed by atoms with Gasteiger partial charge in [0, 0.05) is 7.11 Å². The number of aromatic nitrogens is 2. The second-order valence-electron chi connectivity index (χ2n) is 5.45. The Morgan fingerprint density at radius 2 is 2.10 bits per heavy atom. The van der Waals surface area contributed by atoms with E-state index in [2.05, 4.69) is 44.9 Å². The lowest BCUT2D eigenvalue weighted by Gasteiger charge is -2.21. The lowest BCUT2D eigenvalue weighted by atomic mass is 10.0. The van der Waals surface area contributed by atoms with Gasteiger partial charge in [-0.05, 0) is 35.3 Å². The van der Waals surface area contributed by atoms with Gasteiger partial charge in [-0.25, -0.2) is 0 Å². The van der Waals surface area contributed by atoms with E-state index in [0.717, 1.165) is 30.4 Å². The number of unbranched alkanes of at least 4 members (excludes halogenated alkanes) is 3. The summed E-state index contributed by atoms with van der Waals surface area (Å²) in [7, 11) is 1.73. The van der Waals surface area contributed by atoms with Gasteiger partial charge in [0.2, 0.25) is 0 Å². The van der Waals surface area contributed by atoms with Gasteiger partial charge in [-0.1, -0.05) is 39.5 Å². The van der Waals surface area contributed by atoms with E-state index in [1.807, 2.05) is 6.20 Å². The highest BCUT2D eigenvalue weighted by Crippen LogP contribution is 2.27. The molecule has 1 N–H and O–H groups in total. The molecule has 1 unspecified atom stereocenters. The molecule has 1 heterocycles. The molecule has 122 valence electrons. The van der Waals surface area contributed by atoms with E-state index in [1.165, 1.54) is 31.4 Å². The van der Waals surface area contributed by atoms with Crippen molar-refractivity contribution >= 4 is 15.9 Å². The number of methoxy groups -OCH3 is 1. The summed E-state index contributed by atoms with van der Waals surface area (Å²) in [6, 6.07) is 0.371. The highest BCUT2D eigenvalue weighted by Gasteiger charge is 2.19. The first-order valence-electron chi connectivity index (χ1n) is 8.18. The van der Waals surface area contributed by atoms with Crippen LogP contribution in [0.4, 0.5) is 0 Å². The van der Waals surface area contributed by atoms with E-state index in [9.17, 15) is 0 Å². The zero-order valence-electron chi connectivity index (χ0n) is 13.7. The Morgan fingerprint density at radius 1 is 1.29 bits per heavy atom. The van der Waals surface area contributed by atoms with E-state index < -0.39 is 0 Å². The number of hydrogen-bond donors (Lipinski definition) is 1. The molecule has 1 aromatic heterocycles. The van der Waals surface area contributed by atoms with Crippen LogP contribution in [-0.4, -0.2) is 30.0 Å². The van der Waals surface area contributed by atoms with Crippen LogP contribution in [0.15, 0.2) is 10.7 Å². The average molecular weight is 360 g/mol. The SMILES string of the molecule is CCCCCCC(NCCC)c1c(Br)cnn1CCOC. The largest absolute Gasteiger partial charge is 0.383 e. The molecule has 0 aromatic carbocycles. The van der Waals surface area contributed by atoms with E-state index in [-0.39, 0.29) is 0 Å². The zero-order chi connectivity index (χ0) is 15.5. The fraction of sp³-hybridized carbons (Fsp3) is 0.812.